The number of aromatic nitrogens is 1. The van der Waals surface area contributed by atoms with E-state index in [0.29, 0.717) is 5.92 Å². The molecular weight excluding hydrogens is 236 g/mol. The molecule has 1 aromatic carbocycles. The van der Waals surface area contributed by atoms with E-state index in [1.807, 2.05) is 12.1 Å². The van der Waals surface area contributed by atoms with E-state index in [1.54, 1.807) is 0 Å². The predicted molar refractivity (Wildman–Crippen MR) is 76.9 cm³/mol. The van der Waals surface area contributed by atoms with Gasteiger partial charge in [-0.25, -0.2) is 0 Å². The van der Waals surface area contributed by atoms with E-state index < -0.39 is 0 Å². The largest absolute Gasteiger partial charge is 0.359 e. The van der Waals surface area contributed by atoms with Crippen molar-refractivity contribution in [3.63, 3.8) is 0 Å². The molecule has 0 spiro atoms. The van der Waals surface area contributed by atoms with E-state index in [0.717, 1.165) is 30.7 Å². The van der Waals surface area contributed by atoms with Crippen molar-refractivity contribution in [3.05, 3.63) is 53.4 Å². The first-order valence-electron chi connectivity index (χ1n) is 6.96. The van der Waals surface area contributed by atoms with Crippen LogP contribution in [0.4, 0.5) is 0 Å². The van der Waals surface area contributed by atoms with Gasteiger partial charge in [-0.1, -0.05) is 55.8 Å². The third kappa shape index (κ3) is 3.67. The Hall–Kier alpha value is -1.61. The van der Waals surface area contributed by atoms with Gasteiger partial charge in [-0.15, -0.1) is 0 Å². The quantitative estimate of drug-likeness (QED) is 0.857. The van der Waals surface area contributed by atoms with Crippen LogP contribution in [0.1, 0.15) is 55.7 Å². The molecule has 0 saturated carbocycles. The molecule has 1 aromatic heterocycles. The molecule has 0 amide bonds. The van der Waals surface area contributed by atoms with Crippen molar-refractivity contribution in [2.24, 2.45) is 5.73 Å². The van der Waals surface area contributed by atoms with Crippen LogP contribution in [0.15, 0.2) is 40.9 Å². The molecule has 3 heteroatoms. The summed E-state index contributed by atoms with van der Waals surface area (Å²) in [6.07, 6.45) is 2.87. The summed E-state index contributed by atoms with van der Waals surface area (Å²) in [7, 11) is 0. The van der Waals surface area contributed by atoms with Gasteiger partial charge in [0.15, 0.2) is 5.76 Å². The van der Waals surface area contributed by atoms with Crippen LogP contribution in [0, 0.1) is 0 Å². The molecule has 1 heterocycles. The molecule has 2 unspecified atom stereocenters. The van der Waals surface area contributed by atoms with E-state index in [4.69, 9.17) is 10.3 Å². The molecule has 2 N–H and O–H groups in total. The molecule has 0 bridgehead atoms. The molecule has 102 valence electrons. The van der Waals surface area contributed by atoms with Gasteiger partial charge in [0.25, 0.3) is 0 Å². The van der Waals surface area contributed by atoms with Gasteiger partial charge in [0.05, 0.1) is 11.7 Å². The molecule has 0 aliphatic heterocycles. The Morgan fingerprint density at radius 1 is 1.26 bits per heavy atom. The molecule has 2 rings (SSSR count). The van der Waals surface area contributed by atoms with Crippen molar-refractivity contribution < 1.29 is 4.52 Å². The highest BCUT2D eigenvalue weighted by Gasteiger charge is 2.14. The lowest BCUT2D eigenvalue weighted by atomic mass is 9.96. The topological polar surface area (TPSA) is 52.0 Å². The van der Waals surface area contributed by atoms with Gasteiger partial charge in [0.2, 0.25) is 0 Å². The summed E-state index contributed by atoms with van der Waals surface area (Å²) in [5.74, 6) is 1.23. The van der Waals surface area contributed by atoms with Crippen LogP contribution < -0.4 is 5.73 Å². The minimum absolute atomic E-state index is 0.0294. The van der Waals surface area contributed by atoms with Crippen LogP contribution in [-0.2, 0) is 6.42 Å². The minimum Gasteiger partial charge on any atom is -0.359 e. The zero-order valence-electron chi connectivity index (χ0n) is 11.7. The highest BCUT2D eigenvalue weighted by atomic mass is 16.5. The maximum absolute atomic E-state index is 6.03. The van der Waals surface area contributed by atoms with Crippen molar-refractivity contribution in [1.29, 1.82) is 0 Å². The van der Waals surface area contributed by atoms with E-state index >= 15 is 0 Å². The van der Waals surface area contributed by atoms with Gasteiger partial charge in [-0.05, 0) is 24.3 Å². The summed E-state index contributed by atoms with van der Waals surface area (Å²) in [6.45, 7) is 4.32. The van der Waals surface area contributed by atoms with E-state index in [-0.39, 0.29) is 6.04 Å². The molecule has 0 radical (unpaired) electrons. The van der Waals surface area contributed by atoms with E-state index in [2.05, 4.69) is 43.3 Å². The average molecular weight is 258 g/mol. The summed E-state index contributed by atoms with van der Waals surface area (Å²) in [6, 6.07) is 12.4. The van der Waals surface area contributed by atoms with Crippen LogP contribution in [0.3, 0.4) is 0 Å². The molecule has 0 aliphatic rings. The van der Waals surface area contributed by atoms with Gasteiger partial charge in [-0.3, -0.25) is 0 Å². The SMILES string of the molecule is CCCC(N)c1cc(CC(C)c2ccccc2)no1. The Bertz CT molecular complexity index is 492. The molecule has 3 nitrogen and oxygen atoms in total. The lowest BCUT2D eigenvalue weighted by Gasteiger charge is -2.09. The first-order chi connectivity index (χ1) is 9.20. The third-order valence-electron chi connectivity index (χ3n) is 3.43. The lowest BCUT2D eigenvalue weighted by molar-refractivity contribution is 0.349. The second-order valence-electron chi connectivity index (χ2n) is 5.13. The summed E-state index contributed by atoms with van der Waals surface area (Å²) in [4.78, 5) is 0. The van der Waals surface area contributed by atoms with Gasteiger partial charge < -0.3 is 10.3 Å². The van der Waals surface area contributed by atoms with Crippen molar-refractivity contribution in [2.75, 3.05) is 0 Å². The smallest absolute Gasteiger partial charge is 0.153 e. The molecule has 0 aliphatic carbocycles. The number of nitrogens with zero attached hydrogens (tertiary/aromatic N) is 1. The normalized spacial score (nSPS) is 14.3. The van der Waals surface area contributed by atoms with Crippen LogP contribution >= 0.6 is 0 Å². The average Bonchev–Trinajstić information content (AvgIpc) is 2.88. The number of nitrogens with two attached hydrogens (primary N) is 1. The van der Waals surface area contributed by atoms with Gasteiger partial charge in [0.1, 0.15) is 0 Å². The highest BCUT2D eigenvalue weighted by molar-refractivity contribution is 5.21. The second-order valence-corrected chi connectivity index (χ2v) is 5.13. The molecule has 0 saturated heterocycles. The molecule has 2 aromatic rings. The molecule has 19 heavy (non-hydrogen) atoms. The maximum Gasteiger partial charge on any atom is 0.153 e. The van der Waals surface area contributed by atoms with Crippen molar-refractivity contribution >= 4 is 0 Å². The monoisotopic (exact) mass is 258 g/mol. The molecular formula is C16H22N2O. The summed E-state index contributed by atoms with van der Waals surface area (Å²) < 4.78 is 5.34. The first-order valence-corrected chi connectivity index (χ1v) is 6.96. The number of rotatable bonds is 6. The van der Waals surface area contributed by atoms with Gasteiger partial charge >= 0.3 is 0 Å². The Kier molecular flexibility index (Phi) is 4.74. The minimum atomic E-state index is -0.0294. The Morgan fingerprint density at radius 2 is 2.00 bits per heavy atom. The Morgan fingerprint density at radius 3 is 2.68 bits per heavy atom. The van der Waals surface area contributed by atoms with Crippen molar-refractivity contribution in [1.82, 2.24) is 5.16 Å². The molecule has 0 fully saturated rings. The lowest BCUT2D eigenvalue weighted by Crippen LogP contribution is -2.08. The number of hydrogen-bond acceptors (Lipinski definition) is 3. The van der Waals surface area contributed by atoms with Crippen LogP contribution in [-0.4, -0.2) is 5.16 Å². The third-order valence-corrected chi connectivity index (χ3v) is 3.43. The van der Waals surface area contributed by atoms with Crippen molar-refractivity contribution in [3.8, 4) is 0 Å². The highest BCUT2D eigenvalue weighted by Crippen LogP contribution is 2.22. The Labute approximate surface area is 114 Å². The zero-order chi connectivity index (χ0) is 13.7. The van der Waals surface area contributed by atoms with Crippen LogP contribution in [0.2, 0.25) is 0 Å². The van der Waals surface area contributed by atoms with E-state index in [9.17, 15) is 0 Å². The predicted octanol–water partition coefficient (Wildman–Crippen LogP) is 3.82. The Balaban J connectivity index is 2.00. The van der Waals surface area contributed by atoms with Crippen LogP contribution in [0.25, 0.3) is 0 Å². The fourth-order valence-corrected chi connectivity index (χ4v) is 2.27. The second kappa shape index (κ2) is 6.53. The fraction of sp³-hybridized carbons (Fsp3) is 0.438. The van der Waals surface area contributed by atoms with Gasteiger partial charge in [-0.2, -0.15) is 0 Å². The number of benzene rings is 1. The van der Waals surface area contributed by atoms with Gasteiger partial charge in [0, 0.05) is 6.07 Å². The molecule has 2 atom stereocenters. The van der Waals surface area contributed by atoms with E-state index in [1.165, 1.54) is 5.56 Å². The summed E-state index contributed by atoms with van der Waals surface area (Å²) in [5.41, 5.74) is 8.34. The van der Waals surface area contributed by atoms with Crippen LogP contribution in [0.5, 0.6) is 0 Å². The van der Waals surface area contributed by atoms with Crippen molar-refractivity contribution in [2.45, 2.75) is 45.1 Å². The standard InChI is InChI=1S/C16H22N2O/c1-3-7-15(17)16-11-14(18-19-16)10-12(2)13-8-5-4-6-9-13/h4-6,8-9,11-12,15H,3,7,10,17H2,1-2H3. The fourth-order valence-electron chi connectivity index (χ4n) is 2.27. The summed E-state index contributed by atoms with van der Waals surface area (Å²) >= 11 is 0. The maximum atomic E-state index is 6.03. The zero-order valence-corrected chi connectivity index (χ0v) is 11.7. The first kappa shape index (κ1) is 13.8. The number of hydrogen-bond donors (Lipinski definition) is 1. The summed E-state index contributed by atoms with van der Waals surface area (Å²) in [5, 5.41) is 4.13.